The summed E-state index contributed by atoms with van der Waals surface area (Å²) < 4.78 is 7.57. The second kappa shape index (κ2) is 9.28. The van der Waals surface area contributed by atoms with Gasteiger partial charge < -0.3 is 30.6 Å². The summed E-state index contributed by atoms with van der Waals surface area (Å²) in [7, 11) is 0. The molecule has 0 saturated heterocycles. The Morgan fingerprint density at radius 1 is 1.18 bits per heavy atom. The van der Waals surface area contributed by atoms with Crippen LogP contribution in [0.3, 0.4) is 0 Å². The number of carboxylic acid groups (broad SMARTS) is 1. The van der Waals surface area contributed by atoms with E-state index >= 15 is 0 Å². The number of nitrogens with two attached hydrogens (primary N) is 1. The van der Waals surface area contributed by atoms with Gasteiger partial charge in [-0.3, -0.25) is 0 Å². The van der Waals surface area contributed by atoms with E-state index < -0.39 is 11.7 Å². The van der Waals surface area contributed by atoms with Crippen molar-refractivity contribution < 1.29 is 19.7 Å². The molecule has 4 aromatic rings. The number of hydrogen-bond donors (Lipinski definition) is 4. The Bertz CT molecular complexity index is 1360. The van der Waals surface area contributed by atoms with Gasteiger partial charge in [0.2, 0.25) is 0 Å². The van der Waals surface area contributed by atoms with Gasteiger partial charge in [-0.15, -0.1) is 0 Å². The maximum absolute atomic E-state index is 10.8. The van der Waals surface area contributed by atoms with E-state index in [2.05, 4.69) is 10.3 Å². The Hall–Kier alpha value is -3.69. The standard InChI is InChI=1S/C25H29N5O4/c1-4-34-13-20-29-21-22(30(20)14-25(2,3)33)18-9-8-17(11-19(18)28-23(21)26)16-7-5-6-15(10-16)12-27-24(31)32/h5-11,27,33H,4,12-14H2,1-3H3,(H2,26,28)(H,31,32). The Morgan fingerprint density at radius 3 is 2.65 bits per heavy atom. The van der Waals surface area contributed by atoms with E-state index in [9.17, 15) is 9.90 Å². The van der Waals surface area contributed by atoms with Crippen molar-refractivity contribution in [2.45, 2.75) is 46.1 Å². The van der Waals surface area contributed by atoms with Gasteiger partial charge in [-0.2, -0.15) is 0 Å². The number of rotatable bonds is 8. The molecule has 2 heterocycles. The summed E-state index contributed by atoms with van der Waals surface area (Å²) in [6.45, 7) is 6.82. The van der Waals surface area contributed by atoms with Crippen molar-refractivity contribution in [3.05, 3.63) is 53.9 Å². The van der Waals surface area contributed by atoms with Crippen LogP contribution in [0.1, 0.15) is 32.2 Å². The molecule has 0 saturated carbocycles. The van der Waals surface area contributed by atoms with Gasteiger partial charge in [0.1, 0.15) is 17.9 Å². The van der Waals surface area contributed by atoms with Crippen molar-refractivity contribution in [2.24, 2.45) is 0 Å². The number of carbonyl (C=O) groups is 1. The Morgan fingerprint density at radius 2 is 1.94 bits per heavy atom. The number of ether oxygens (including phenoxy) is 1. The van der Waals surface area contributed by atoms with E-state index in [1.54, 1.807) is 13.8 Å². The Balaban J connectivity index is 1.84. The molecule has 0 radical (unpaired) electrons. The predicted octanol–water partition coefficient (Wildman–Crippen LogP) is 3.91. The number of aliphatic hydroxyl groups is 1. The van der Waals surface area contributed by atoms with Crippen LogP contribution in [0.2, 0.25) is 0 Å². The zero-order chi connectivity index (χ0) is 24.5. The van der Waals surface area contributed by atoms with E-state index in [0.29, 0.717) is 42.4 Å². The molecule has 34 heavy (non-hydrogen) atoms. The number of hydrogen-bond acceptors (Lipinski definition) is 6. The molecule has 0 bridgehead atoms. The lowest BCUT2D eigenvalue weighted by atomic mass is 10.0. The molecule has 0 aliphatic carbocycles. The van der Waals surface area contributed by atoms with Crippen LogP contribution in [0.25, 0.3) is 33.1 Å². The number of pyridine rings is 1. The summed E-state index contributed by atoms with van der Waals surface area (Å²) in [6.07, 6.45) is -1.06. The third kappa shape index (κ3) is 4.95. The number of nitrogens with zero attached hydrogens (tertiary/aromatic N) is 3. The summed E-state index contributed by atoms with van der Waals surface area (Å²) in [4.78, 5) is 20.1. The molecule has 1 amide bonds. The smallest absolute Gasteiger partial charge is 0.404 e. The van der Waals surface area contributed by atoms with Gasteiger partial charge in [0.25, 0.3) is 0 Å². The van der Waals surface area contributed by atoms with Gasteiger partial charge >= 0.3 is 6.09 Å². The molecular weight excluding hydrogens is 434 g/mol. The molecule has 0 spiro atoms. The normalized spacial score (nSPS) is 11.9. The first-order valence-corrected chi connectivity index (χ1v) is 11.1. The van der Waals surface area contributed by atoms with Crippen molar-refractivity contribution in [3.63, 3.8) is 0 Å². The topological polar surface area (TPSA) is 136 Å². The van der Waals surface area contributed by atoms with E-state index in [-0.39, 0.29) is 6.54 Å². The first-order valence-electron chi connectivity index (χ1n) is 11.1. The van der Waals surface area contributed by atoms with Crippen LogP contribution < -0.4 is 11.1 Å². The Kier molecular flexibility index (Phi) is 6.41. The molecule has 0 unspecified atom stereocenters. The molecular formula is C25H29N5O4. The summed E-state index contributed by atoms with van der Waals surface area (Å²) >= 11 is 0. The van der Waals surface area contributed by atoms with Gasteiger partial charge in [0.05, 0.1) is 23.2 Å². The van der Waals surface area contributed by atoms with Crippen molar-refractivity contribution in [1.82, 2.24) is 19.9 Å². The van der Waals surface area contributed by atoms with Crippen LogP contribution in [0, 0.1) is 0 Å². The third-order valence-corrected chi connectivity index (χ3v) is 5.47. The summed E-state index contributed by atoms with van der Waals surface area (Å²) in [5.41, 5.74) is 10.2. The van der Waals surface area contributed by atoms with E-state index in [0.717, 1.165) is 27.6 Å². The fourth-order valence-electron chi connectivity index (χ4n) is 4.04. The second-order valence-corrected chi connectivity index (χ2v) is 8.85. The van der Waals surface area contributed by atoms with Gasteiger partial charge in [0, 0.05) is 18.5 Å². The van der Waals surface area contributed by atoms with E-state index in [1.807, 2.05) is 54.0 Å². The monoisotopic (exact) mass is 463 g/mol. The lowest BCUT2D eigenvalue weighted by Gasteiger charge is -2.20. The van der Waals surface area contributed by atoms with Gasteiger partial charge in [-0.1, -0.05) is 30.3 Å². The molecule has 0 aliphatic rings. The highest BCUT2D eigenvalue weighted by molar-refractivity contribution is 6.07. The number of amides is 1. The van der Waals surface area contributed by atoms with Crippen molar-refractivity contribution in [1.29, 1.82) is 0 Å². The third-order valence-electron chi connectivity index (χ3n) is 5.47. The van der Waals surface area contributed by atoms with Crippen molar-refractivity contribution in [3.8, 4) is 11.1 Å². The second-order valence-electron chi connectivity index (χ2n) is 8.85. The minimum atomic E-state index is -1.06. The SMILES string of the molecule is CCOCc1nc2c(N)nc3cc(-c4cccc(CNC(=O)O)c4)ccc3c2n1CC(C)(C)O. The zero-order valence-electron chi connectivity index (χ0n) is 19.5. The highest BCUT2D eigenvalue weighted by atomic mass is 16.5. The number of imidazole rings is 1. The van der Waals surface area contributed by atoms with Gasteiger partial charge in [-0.25, -0.2) is 14.8 Å². The minimum Gasteiger partial charge on any atom is -0.465 e. The summed E-state index contributed by atoms with van der Waals surface area (Å²) in [6, 6.07) is 13.6. The maximum atomic E-state index is 10.8. The van der Waals surface area contributed by atoms with Crippen LogP contribution in [0.4, 0.5) is 10.6 Å². The Labute approximate surface area is 197 Å². The molecule has 0 atom stereocenters. The molecule has 0 fully saturated rings. The summed E-state index contributed by atoms with van der Waals surface area (Å²) in [5.74, 6) is 0.994. The zero-order valence-corrected chi connectivity index (χ0v) is 19.5. The molecule has 9 nitrogen and oxygen atoms in total. The molecule has 4 rings (SSSR count). The number of nitrogen functional groups attached to an aromatic ring is 1. The van der Waals surface area contributed by atoms with Gasteiger partial charge in [0.15, 0.2) is 5.82 Å². The lowest BCUT2D eigenvalue weighted by molar-refractivity contribution is 0.0582. The molecule has 2 aromatic heterocycles. The first-order chi connectivity index (χ1) is 16.2. The number of fused-ring (bicyclic) bond motifs is 3. The largest absolute Gasteiger partial charge is 0.465 e. The quantitative estimate of drug-likeness (QED) is 0.311. The number of anilines is 1. The number of nitrogens with one attached hydrogen (secondary N) is 1. The first kappa shape index (κ1) is 23.5. The van der Waals surface area contributed by atoms with Gasteiger partial charge in [-0.05, 0) is 49.6 Å². The van der Waals surface area contributed by atoms with Crippen LogP contribution in [-0.2, 0) is 24.4 Å². The summed E-state index contributed by atoms with van der Waals surface area (Å²) in [5, 5.41) is 22.7. The predicted molar refractivity (Wildman–Crippen MR) is 131 cm³/mol. The van der Waals surface area contributed by atoms with Crippen LogP contribution in [-0.4, -0.2) is 43.0 Å². The highest BCUT2D eigenvalue weighted by Gasteiger charge is 2.22. The molecule has 178 valence electrons. The average Bonchev–Trinajstić information content (AvgIpc) is 3.13. The van der Waals surface area contributed by atoms with E-state index in [1.165, 1.54) is 0 Å². The maximum Gasteiger partial charge on any atom is 0.404 e. The van der Waals surface area contributed by atoms with Crippen LogP contribution in [0.5, 0.6) is 0 Å². The number of benzene rings is 2. The molecule has 9 heteroatoms. The fourth-order valence-corrected chi connectivity index (χ4v) is 4.04. The van der Waals surface area contributed by atoms with E-state index in [4.69, 9.17) is 20.6 Å². The van der Waals surface area contributed by atoms with Crippen molar-refractivity contribution >= 4 is 33.8 Å². The van der Waals surface area contributed by atoms with Crippen LogP contribution in [0.15, 0.2) is 42.5 Å². The van der Waals surface area contributed by atoms with Crippen molar-refractivity contribution in [2.75, 3.05) is 12.3 Å². The van der Waals surface area contributed by atoms with Crippen LogP contribution >= 0.6 is 0 Å². The number of aromatic nitrogens is 3. The molecule has 5 N–H and O–H groups in total. The fraction of sp³-hybridized carbons (Fsp3) is 0.320. The highest BCUT2D eigenvalue weighted by Crippen LogP contribution is 2.33. The molecule has 2 aromatic carbocycles. The molecule has 0 aliphatic heterocycles. The average molecular weight is 464 g/mol. The minimum absolute atomic E-state index is 0.224. The lowest BCUT2D eigenvalue weighted by Crippen LogP contribution is -2.27.